The maximum absolute atomic E-state index is 6.00. The predicted molar refractivity (Wildman–Crippen MR) is 56.7 cm³/mol. The Labute approximate surface area is 86.8 Å². The van der Waals surface area contributed by atoms with E-state index in [0.717, 1.165) is 18.7 Å². The third kappa shape index (κ3) is 1.79. The molecule has 0 radical (unpaired) electrons. The van der Waals surface area contributed by atoms with Crippen molar-refractivity contribution < 1.29 is 0 Å². The summed E-state index contributed by atoms with van der Waals surface area (Å²) < 4.78 is 0. The molecule has 2 rings (SSSR count). The maximum Gasteiger partial charge on any atom is 0.128 e. The molecule has 1 aromatic carbocycles. The van der Waals surface area contributed by atoms with Crippen LogP contribution in [0, 0.1) is 0 Å². The van der Waals surface area contributed by atoms with E-state index >= 15 is 0 Å². The van der Waals surface area contributed by atoms with Crippen LogP contribution in [0.2, 0.25) is 5.02 Å². The van der Waals surface area contributed by atoms with Crippen molar-refractivity contribution >= 4 is 34.1 Å². The molecule has 0 atom stereocenters. The molecule has 1 heterocycles. The fraction of sp³-hybridized carbons (Fsp3) is 0.222. The quantitative estimate of drug-likeness (QED) is 0.702. The zero-order chi connectivity index (χ0) is 9.26. The van der Waals surface area contributed by atoms with Crippen LogP contribution in [0.1, 0.15) is 6.42 Å². The molecular weight excluding hydrogens is 207 g/mol. The Kier molecular flexibility index (Phi) is 2.42. The first-order valence-electron chi connectivity index (χ1n) is 4.02. The standard InChI is InChI=1S/C9H8Cl2N2/c10-7-3-1-2-4-8(7)13-6-5-9(11)12-13/h1-4H,5-6H2. The maximum atomic E-state index is 6.00. The van der Waals surface area contributed by atoms with Crippen molar-refractivity contribution in [1.82, 2.24) is 0 Å². The molecule has 0 aromatic heterocycles. The van der Waals surface area contributed by atoms with Crippen molar-refractivity contribution in [2.24, 2.45) is 5.10 Å². The lowest BCUT2D eigenvalue weighted by Gasteiger charge is -2.14. The average molecular weight is 215 g/mol. The molecule has 0 fully saturated rings. The minimum absolute atomic E-state index is 0.639. The van der Waals surface area contributed by atoms with Gasteiger partial charge in [0.2, 0.25) is 0 Å². The van der Waals surface area contributed by atoms with Crippen molar-refractivity contribution in [2.75, 3.05) is 11.6 Å². The summed E-state index contributed by atoms with van der Waals surface area (Å²) in [6, 6.07) is 7.61. The summed E-state index contributed by atoms with van der Waals surface area (Å²) in [6.45, 7) is 0.808. The minimum atomic E-state index is 0.639. The summed E-state index contributed by atoms with van der Waals surface area (Å²) in [5.74, 6) is 0. The zero-order valence-electron chi connectivity index (χ0n) is 6.87. The van der Waals surface area contributed by atoms with Gasteiger partial charge in [0.1, 0.15) is 5.17 Å². The lowest BCUT2D eigenvalue weighted by Crippen LogP contribution is -2.11. The topological polar surface area (TPSA) is 15.6 Å². The van der Waals surface area contributed by atoms with Gasteiger partial charge in [0.25, 0.3) is 0 Å². The Morgan fingerprint density at radius 1 is 1.23 bits per heavy atom. The van der Waals surface area contributed by atoms with Crippen LogP contribution >= 0.6 is 23.2 Å². The second-order valence-corrected chi connectivity index (χ2v) is 3.64. The lowest BCUT2D eigenvalue weighted by molar-refractivity contribution is 0.922. The van der Waals surface area contributed by atoms with Gasteiger partial charge < -0.3 is 0 Å². The summed E-state index contributed by atoms with van der Waals surface area (Å²) in [7, 11) is 0. The first-order chi connectivity index (χ1) is 6.27. The Morgan fingerprint density at radius 3 is 2.62 bits per heavy atom. The number of nitrogens with zero attached hydrogens (tertiary/aromatic N) is 2. The Morgan fingerprint density at radius 2 is 2.00 bits per heavy atom. The summed E-state index contributed by atoms with van der Waals surface area (Å²) in [5, 5.41) is 7.32. The van der Waals surface area contributed by atoms with Crippen LogP contribution in [0.15, 0.2) is 29.4 Å². The summed E-state index contributed by atoms with van der Waals surface area (Å²) in [6.07, 6.45) is 0.798. The number of rotatable bonds is 1. The van der Waals surface area contributed by atoms with Crippen LogP contribution in [0.25, 0.3) is 0 Å². The third-order valence-electron chi connectivity index (χ3n) is 1.89. The molecule has 0 amide bonds. The predicted octanol–water partition coefficient (Wildman–Crippen LogP) is 3.10. The van der Waals surface area contributed by atoms with Gasteiger partial charge in [-0.1, -0.05) is 35.3 Å². The summed E-state index contributed by atoms with van der Waals surface area (Å²) in [5.41, 5.74) is 0.916. The van der Waals surface area contributed by atoms with Crippen LogP contribution in [-0.4, -0.2) is 11.7 Å². The van der Waals surface area contributed by atoms with Gasteiger partial charge in [0.15, 0.2) is 0 Å². The number of hydrogen-bond acceptors (Lipinski definition) is 2. The SMILES string of the molecule is ClC1=NN(c2ccccc2Cl)CC1. The molecule has 0 N–H and O–H groups in total. The number of hydrogen-bond donors (Lipinski definition) is 0. The van der Waals surface area contributed by atoms with Gasteiger partial charge >= 0.3 is 0 Å². The Hall–Kier alpha value is -0.730. The molecule has 0 spiro atoms. The zero-order valence-corrected chi connectivity index (χ0v) is 8.39. The van der Waals surface area contributed by atoms with Crippen molar-refractivity contribution in [3.8, 4) is 0 Å². The van der Waals surface area contributed by atoms with E-state index in [0.29, 0.717) is 10.2 Å². The van der Waals surface area contributed by atoms with E-state index in [1.165, 1.54) is 0 Å². The largest absolute Gasteiger partial charge is 0.262 e. The summed E-state index contributed by atoms with van der Waals surface area (Å²) in [4.78, 5) is 0. The molecule has 0 unspecified atom stereocenters. The normalized spacial score (nSPS) is 16.2. The highest BCUT2D eigenvalue weighted by atomic mass is 35.5. The monoisotopic (exact) mass is 214 g/mol. The highest BCUT2D eigenvalue weighted by Crippen LogP contribution is 2.27. The molecule has 0 saturated carbocycles. The number of para-hydroxylation sites is 1. The van der Waals surface area contributed by atoms with Gasteiger partial charge in [0.05, 0.1) is 10.7 Å². The van der Waals surface area contributed by atoms with E-state index in [9.17, 15) is 0 Å². The molecule has 1 aromatic rings. The van der Waals surface area contributed by atoms with Crippen molar-refractivity contribution in [3.63, 3.8) is 0 Å². The molecule has 1 aliphatic heterocycles. The van der Waals surface area contributed by atoms with E-state index in [4.69, 9.17) is 23.2 Å². The van der Waals surface area contributed by atoms with Crippen molar-refractivity contribution in [1.29, 1.82) is 0 Å². The van der Waals surface area contributed by atoms with Gasteiger partial charge in [0, 0.05) is 13.0 Å². The molecule has 4 heteroatoms. The van der Waals surface area contributed by atoms with E-state index in [1.807, 2.05) is 29.3 Å². The van der Waals surface area contributed by atoms with E-state index in [2.05, 4.69) is 5.10 Å². The minimum Gasteiger partial charge on any atom is -0.262 e. The first kappa shape index (κ1) is 8.85. The molecule has 68 valence electrons. The molecule has 0 aliphatic carbocycles. The number of benzene rings is 1. The fourth-order valence-corrected chi connectivity index (χ4v) is 1.67. The van der Waals surface area contributed by atoms with E-state index in [1.54, 1.807) is 0 Å². The third-order valence-corrected chi connectivity index (χ3v) is 2.47. The second kappa shape index (κ2) is 3.56. The van der Waals surface area contributed by atoms with Gasteiger partial charge in [-0.3, -0.25) is 5.01 Å². The highest BCUT2D eigenvalue weighted by Gasteiger charge is 2.15. The lowest BCUT2D eigenvalue weighted by atomic mass is 10.3. The Balaban J connectivity index is 2.31. The van der Waals surface area contributed by atoms with Crippen LogP contribution in [0.5, 0.6) is 0 Å². The highest BCUT2D eigenvalue weighted by molar-refractivity contribution is 6.65. The van der Waals surface area contributed by atoms with Crippen LogP contribution in [0.3, 0.4) is 0 Å². The molecule has 2 nitrogen and oxygen atoms in total. The molecule has 1 aliphatic rings. The molecule has 13 heavy (non-hydrogen) atoms. The number of hydrazone groups is 1. The number of halogens is 2. The van der Waals surface area contributed by atoms with Gasteiger partial charge in [-0.05, 0) is 12.1 Å². The van der Waals surface area contributed by atoms with Gasteiger partial charge in [-0.2, -0.15) is 5.10 Å². The smallest absolute Gasteiger partial charge is 0.128 e. The van der Waals surface area contributed by atoms with Crippen molar-refractivity contribution in [3.05, 3.63) is 29.3 Å². The second-order valence-electron chi connectivity index (χ2n) is 2.80. The van der Waals surface area contributed by atoms with Gasteiger partial charge in [-0.15, -0.1) is 0 Å². The number of anilines is 1. The molecular formula is C9H8Cl2N2. The fourth-order valence-electron chi connectivity index (χ4n) is 1.26. The van der Waals surface area contributed by atoms with Gasteiger partial charge in [-0.25, -0.2) is 0 Å². The van der Waals surface area contributed by atoms with Crippen LogP contribution in [-0.2, 0) is 0 Å². The molecule has 0 saturated heterocycles. The van der Waals surface area contributed by atoms with Crippen LogP contribution < -0.4 is 5.01 Å². The first-order valence-corrected chi connectivity index (χ1v) is 4.78. The molecule has 0 bridgehead atoms. The van der Waals surface area contributed by atoms with Crippen LogP contribution in [0.4, 0.5) is 5.69 Å². The van der Waals surface area contributed by atoms with E-state index in [-0.39, 0.29) is 0 Å². The Bertz CT molecular complexity index is 349. The van der Waals surface area contributed by atoms with Crippen molar-refractivity contribution in [2.45, 2.75) is 6.42 Å². The summed E-state index contributed by atoms with van der Waals surface area (Å²) >= 11 is 11.8. The van der Waals surface area contributed by atoms with E-state index < -0.39 is 0 Å². The average Bonchev–Trinajstić information content (AvgIpc) is 2.53.